The first-order valence-corrected chi connectivity index (χ1v) is 20.3. The highest BCUT2D eigenvalue weighted by Crippen LogP contribution is 2.36. The minimum absolute atomic E-state index is 0.0303. The third-order valence-corrected chi connectivity index (χ3v) is 10.3. The predicted molar refractivity (Wildman–Crippen MR) is 226 cm³/mol. The number of esters is 2. The van der Waals surface area contributed by atoms with Crippen molar-refractivity contribution in [2.24, 2.45) is 11.8 Å². The molecule has 61 heavy (non-hydrogen) atoms. The lowest BCUT2D eigenvalue weighted by Gasteiger charge is -2.35. The Morgan fingerprint density at radius 2 is 1.57 bits per heavy atom. The summed E-state index contributed by atoms with van der Waals surface area (Å²) in [6.07, 6.45) is 2.87. The molecule has 1 heterocycles. The van der Waals surface area contributed by atoms with Crippen LogP contribution >= 0.6 is 0 Å². The van der Waals surface area contributed by atoms with Gasteiger partial charge in [0.25, 0.3) is 5.91 Å². The highest BCUT2D eigenvalue weighted by molar-refractivity contribution is 6.04. The van der Waals surface area contributed by atoms with Crippen LogP contribution in [0.3, 0.4) is 0 Å². The molecule has 3 aromatic rings. The smallest absolute Gasteiger partial charge is 0.411 e. The Morgan fingerprint density at radius 1 is 0.852 bits per heavy atom. The number of ketones is 1. The van der Waals surface area contributed by atoms with Gasteiger partial charge in [-0.2, -0.15) is 0 Å². The van der Waals surface area contributed by atoms with E-state index in [9.17, 15) is 33.9 Å². The zero-order valence-corrected chi connectivity index (χ0v) is 35.5. The Labute approximate surface area is 356 Å². The SMILES string of the molecule is C=CCOC(=O)C[C@H](C(=O)N[C@@H](C)C(=O)Cc1ccc(COC(=O)Nc2cc(OCc3cccc(CC(=O)OC)c3)c(OC)cc2C(=O)N2CCCC[C@H]2CO)cc1)C(C)C. The molecular formula is C46H57N3O12. The largest absolute Gasteiger partial charge is 0.493 e. The van der Waals surface area contributed by atoms with Gasteiger partial charge < -0.3 is 39.0 Å². The molecule has 0 aromatic heterocycles. The van der Waals surface area contributed by atoms with Gasteiger partial charge in [-0.1, -0.05) is 75.0 Å². The number of ether oxygens (including phenoxy) is 5. The van der Waals surface area contributed by atoms with Crippen LogP contribution in [-0.4, -0.2) is 91.7 Å². The second-order valence-electron chi connectivity index (χ2n) is 15.2. The number of piperidine rings is 1. The predicted octanol–water partition coefficient (Wildman–Crippen LogP) is 5.73. The molecule has 1 saturated heterocycles. The lowest BCUT2D eigenvalue weighted by molar-refractivity contribution is -0.146. The van der Waals surface area contributed by atoms with E-state index in [1.807, 2.05) is 26.0 Å². The summed E-state index contributed by atoms with van der Waals surface area (Å²) in [5.41, 5.74) is 3.02. The molecule has 15 heteroatoms. The number of hydrogen-bond acceptors (Lipinski definition) is 12. The number of benzene rings is 3. The summed E-state index contributed by atoms with van der Waals surface area (Å²) in [5.74, 6) is -2.31. The Morgan fingerprint density at radius 3 is 2.25 bits per heavy atom. The number of Topliss-reactive ketones (excluding diaryl/α,β-unsaturated/α-hetero) is 1. The molecule has 4 rings (SSSR count). The van der Waals surface area contributed by atoms with E-state index >= 15 is 0 Å². The van der Waals surface area contributed by atoms with Gasteiger partial charge in [0, 0.05) is 19.0 Å². The second-order valence-corrected chi connectivity index (χ2v) is 15.2. The number of carbonyl (C=O) groups excluding carboxylic acids is 6. The van der Waals surface area contributed by atoms with Gasteiger partial charge in [-0.05, 0) is 60.4 Å². The van der Waals surface area contributed by atoms with Crippen LogP contribution in [0.5, 0.6) is 11.5 Å². The summed E-state index contributed by atoms with van der Waals surface area (Å²) in [5, 5.41) is 15.5. The normalized spacial score (nSPS) is 14.5. The van der Waals surface area contributed by atoms with Gasteiger partial charge in [0.15, 0.2) is 17.3 Å². The molecule has 0 spiro atoms. The summed E-state index contributed by atoms with van der Waals surface area (Å²) in [6, 6.07) is 15.9. The highest BCUT2D eigenvalue weighted by Gasteiger charge is 2.31. The average molecular weight is 844 g/mol. The number of hydrogen-bond donors (Lipinski definition) is 3. The summed E-state index contributed by atoms with van der Waals surface area (Å²) in [6.45, 7) is 8.95. The van der Waals surface area contributed by atoms with Gasteiger partial charge >= 0.3 is 18.0 Å². The summed E-state index contributed by atoms with van der Waals surface area (Å²) in [7, 11) is 2.76. The molecule has 328 valence electrons. The average Bonchev–Trinajstić information content (AvgIpc) is 3.26. The van der Waals surface area contributed by atoms with E-state index in [1.54, 1.807) is 48.2 Å². The van der Waals surface area contributed by atoms with E-state index in [1.165, 1.54) is 32.4 Å². The fraction of sp³-hybridized carbons (Fsp3) is 0.435. The maximum atomic E-state index is 14.0. The summed E-state index contributed by atoms with van der Waals surface area (Å²) < 4.78 is 27.1. The molecule has 3 atom stereocenters. The highest BCUT2D eigenvalue weighted by atomic mass is 16.6. The van der Waals surface area contributed by atoms with Crippen LogP contribution in [0.1, 0.15) is 79.1 Å². The van der Waals surface area contributed by atoms with Crippen LogP contribution in [0, 0.1) is 11.8 Å². The molecule has 3 N–H and O–H groups in total. The van der Waals surface area contributed by atoms with Crippen LogP contribution in [0.25, 0.3) is 0 Å². The van der Waals surface area contributed by atoms with Crippen LogP contribution in [0.4, 0.5) is 10.5 Å². The van der Waals surface area contributed by atoms with E-state index in [2.05, 4.69) is 17.2 Å². The van der Waals surface area contributed by atoms with Crippen molar-refractivity contribution in [2.45, 2.75) is 84.6 Å². The zero-order valence-electron chi connectivity index (χ0n) is 35.5. The molecule has 0 radical (unpaired) electrons. The molecule has 3 amide bonds. The van der Waals surface area contributed by atoms with Crippen molar-refractivity contribution in [3.63, 3.8) is 0 Å². The lowest BCUT2D eigenvalue weighted by atomic mass is 9.91. The van der Waals surface area contributed by atoms with Crippen molar-refractivity contribution in [3.8, 4) is 11.5 Å². The number of nitrogens with zero attached hydrogens (tertiary/aromatic N) is 1. The lowest BCUT2D eigenvalue weighted by Crippen LogP contribution is -2.45. The van der Waals surface area contributed by atoms with Crippen LogP contribution < -0.4 is 20.1 Å². The second kappa shape index (κ2) is 23.5. The number of carbonyl (C=O) groups is 6. The van der Waals surface area contributed by atoms with E-state index in [-0.39, 0.29) is 92.2 Å². The Hall–Kier alpha value is -6.22. The van der Waals surface area contributed by atoms with Crippen molar-refractivity contribution < 1.29 is 57.6 Å². The van der Waals surface area contributed by atoms with Crippen molar-refractivity contribution >= 4 is 41.3 Å². The third-order valence-electron chi connectivity index (χ3n) is 10.3. The summed E-state index contributed by atoms with van der Waals surface area (Å²) >= 11 is 0. The Balaban J connectivity index is 1.43. The summed E-state index contributed by atoms with van der Waals surface area (Å²) in [4.78, 5) is 78.9. The maximum absolute atomic E-state index is 14.0. The van der Waals surface area contributed by atoms with Crippen molar-refractivity contribution in [1.82, 2.24) is 10.2 Å². The third kappa shape index (κ3) is 14.2. The van der Waals surface area contributed by atoms with Gasteiger partial charge in [0.1, 0.15) is 19.8 Å². The minimum Gasteiger partial charge on any atom is -0.493 e. The number of rotatable bonds is 21. The van der Waals surface area contributed by atoms with Gasteiger partial charge in [0.2, 0.25) is 5.91 Å². The number of nitrogens with one attached hydrogen (secondary N) is 2. The van der Waals surface area contributed by atoms with Crippen molar-refractivity contribution in [1.29, 1.82) is 0 Å². The van der Waals surface area contributed by atoms with Gasteiger partial charge in [0.05, 0.1) is 62.9 Å². The molecular weight excluding hydrogens is 787 g/mol. The van der Waals surface area contributed by atoms with Crippen LogP contribution in [0.15, 0.2) is 73.3 Å². The first kappa shape index (κ1) is 47.5. The van der Waals surface area contributed by atoms with Gasteiger partial charge in [-0.15, -0.1) is 0 Å². The minimum atomic E-state index is -0.851. The number of amides is 3. The molecule has 0 bridgehead atoms. The van der Waals surface area contributed by atoms with Crippen LogP contribution in [0.2, 0.25) is 0 Å². The molecule has 1 fully saturated rings. The number of aliphatic hydroxyl groups is 1. The molecule has 15 nitrogen and oxygen atoms in total. The Kier molecular flexibility index (Phi) is 18.3. The maximum Gasteiger partial charge on any atom is 0.411 e. The number of anilines is 1. The topological polar surface area (TPSA) is 196 Å². The fourth-order valence-corrected chi connectivity index (χ4v) is 6.78. The van der Waals surface area contributed by atoms with Crippen LogP contribution in [-0.2, 0) is 59.4 Å². The molecule has 3 aromatic carbocycles. The van der Waals surface area contributed by atoms with Gasteiger partial charge in [-0.3, -0.25) is 29.3 Å². The zero-order chi connectivity index (χ0) is 44.5. The Bertz CT molecular complexity index is 2010. The van der Waals surface area contributed by atoms with E-state index in [0.29, 0.717) is 24.1 Å². The first-order chi connectivity index (χ1) is 29.3. The molecule has 1 aliphatic heterocycles. The molecule has 0 unspecified atom stereocenters. The number of aliphatic hydroxyl groups excluding tert-OH is 1. The number of methoxy groups -OCH3 is 2. The van der Waals surface area contributed by atoms with Gasteiger partial charge in [-0.25, -0.2) is 4.79 Å². The van der Waals surface area contributed by atoms with E-state index in [4.69, 9.17) is 23.7 Å². The standard InChI is InChI=1S/C46H57N3O12/c1-7-19-59-43(53)24-36(29(2)3)44(54)47-30(4)39(51)21-31-14-16-32(17-15-31)27-61-46(56)48-38-25-41(60-28-34-12-10-11-33(20-34)22-42(52)58-6)40(57-5)23-37(38)45(55)49-18-9-8-13-35(49)26-50/h7,10-12,14-17,20,23,25,29-30,35-36,50H,1,8-9,13,18-19,21-22,24,26-28H2,2-6H3,(H,47,54)(H,48,56)/t30-,35-,36-/m0/s1. The monoisotopic (exact) mass is 843 g/mol. The molecule has 0 aliphatic carbocycles. The fourth-order valence-electron chi connectivity index (χ4n) is 6.78. The number of likely N-dealkylation sites (tertiary alicyclic amines) is 1. The molecule has 1 aliphatic rings. The van der Waals surface area contributed by atoms with E-state index < -0.39 is 35.8 Å². The van der Waals surface area contributed by atoms with Crippen molar-refractivity contribution in [3.05, 3.63) is 101 Å². The molecule has 0 saturated carbocycles. The van der Waals surface area contributed by atoms with E-state index in [0.717, 1.165) is 24.0 Å². The first-order valence-electron chi connectivity index (χ1n) is 20.3. The quantitative estimate of drug-likeness (QED) is 0.0670. The van der Waals surface area contributed by atoms with Crippen molar-refractivity contribution in [2.75, 3.05) is 39.3 Å².